The second kappa shape index (κ2) is 10.0. The number of fused-ring (bicyclic) bond motifs is 1. The van der Waals surface area contributed by atoms with Crippen molar-refractivity contribution in [1.82, 2.24) is 0 Å². The van der Waals surface area contributed by atoms with E-state index < -0.39 is 17.7 Å². The Morgan fingerprint density at radius 2 is 1.92 bits per heavy atom. The summed E-state index contributed by atoms with van der Waals surface area (Å²) in [5.74, 6) is -1.36. The van der Waals surface area contributed by atoms with Crippen LogP contribution in [0.5, 0.6) is 0 Å². The zero-order valence-electron chi connectivity index (χ0n) is 22.0. The van der Waals surface area contributed by atoms with Gasteiger partial charge in [-0.2, -0.15) is 5.26 Å². The van der Waals surface area contributed by atoms with Crippen molar-refractivity contribution in [3.05, 3.63) is 74.3 Å². The molecule has 0 unspecified atom stereocenters. The molecule has 2 N–H and O–H groups in total. The number of anilines is 1. The van der Waals surface area contributed by atoms with Crippen molar-refractivity contribution < 1.29 is 18.7 Å². The highest BCUT2D eigenvalue weighted by Crippen LogP contribution is 2.53. The third-order valence-electron chi connectivity index (χ3n) is 7.67. The molecule has 0 saturated carbocycles. The van der Waals surface area contributed by atoms with Gasteiger partial charge in [-0.15, -0.1) is 11.3 Å². The van der Waals surface area contributed by atoms with Gasteiger partial charge in [0.2, 0.25) is 0 Å². The zero-order chi connectivity index (χ0) is 27.2. The maximum absolute atomic E-state index is 13.8. The lowest BCUT2D eigenvalue weighted by Gasteiger charge is -2.43. The van der Waals surface area contributed by atoms with Crippen molar-refractivity contribution in [2.75, 3.05) is 11.5 Å². The van der Waals surface area contributed by atoms with E-state index in [1.165, 1.54) is 23.5 Å². The highest BCUT2D eigenvalue weighted by molar-refractivity contribution is 7.16. The number of nitrogens with two attached hydrogens (primary N) is 1. The topological polar surface area (TPSA) is 96.4 Å². The average molecular weight is 534 g/mol. The van der Waals surface area contributed by atoms with Gasteiger partial charge in [-0.3, -0.25) is 9.69 Å². The van der Waals surface area contributed by atoms with Gasteiger partial charge >= 0.3 is 5.97 Å². The van der Waals surface area contributed by atoms with Crippen molar-refractivity contribution in [3.8, 4) is 6.07 Å². The van der Waals surface area contributed by atoms with Crippen LogP contribution in [0.3, 0.4) is 0 Å². The molecule has 2 aromatic rings. The van der Waals surface area contributed by atoms with Crippen LogP contribution < -0.4 is 10.6 Å². The standard InChI is InChI=1S/C30H32FN3O3S/c1-4-37-29(36)25-19-8-6-5-7-9-23(19)38-28(25)34-21-14-30(2,3)15-22(35)26(21)24(20(16-32)27(34)33)17-10-12-18(31)13-11-17/h10-13,24H,4-9,14-15,33H2,1-3H3/t24-/m0/s1. The number of benzene rings is 1. The van der Waals surface area contributed by atoms with E-state index in [0.29, 0.717) is 40.2 Å². The summed E-state index contributed by atoms with van der Waals surface area (Å²) >= 11 is 1.51. The number of rotatable bonds is 4. The molecular weight excluding hydrogens is 501 g/mol. The van der Waals surface area contributed by atoms with Gasteiger partial charge < -0.3 is 10.5 Å². The molecule has 1 atom stereocenters. The van der Waals surface area contributed by atoms with Crippen molar-refractivity contribution in [1.29, 1.82) is 5.26 Å². The molecule has 1 aromatic heterocycles. The van der Waals surface area contributed by atoms with Crippen molar-refractivity contribution >= 4 is 28.1 Å². The summed E-state index contributed by atoms with van der Waals surface area (Å²) < 4.78 is 19.3. The minimum atomic E-state index is -0.695. The van der Waals surface area contributed by atoms with Crippen molar-refractivity contribution in [3.63, 3.8) is 0 Å². The fraction of sp³-hybridized carbons (Fsp3) is 0.433. The maximum Gasteiger partial charge on any atom is 0.341 e. The molecule has 0 bridgehead atoms. The molecular formula is C30H32FN3O3S. The number of Topliss-reactive ketones (excluding diaryl/α,β-unsaturated/α-hetero) is 1. The van der Waals surface area contributed by atoms with Crippen LogP contribution in [0.2, 0.25) is 0 Å². The third kappa shape index (κ3) is 4.43. The Kier molecular flexibility index (Phi) is 6.91. The fourth-order valence-electron chi connectivity index (χ4n) is 6.03. The minimum Gasteiger partial charge on any atom is -0.462 e. The van der Waals surface area contributed by atoms with Crippen LogP contribution in [-0.2, 0) is 22.4 Å². The number of thiophene rings is 1. The second-order valence-corrected chi connectivity index (χ2v) is 12.1. The first-order valence-corrected chi connectivity index (χ1v) is 14.0. The van der Waals surface area contributed by atoms with E-state index in [4.69, 9.17) is 10.5 Å². The molecule has 2 aliphatic carbocycles. The molecule has 0 radical (unpaired) electrons. The molecule has 6 nitrogen and oxygen atoms in total. The number of hydrogen-bond acceptors (Lipinski definition) is 7. The number of ketones is 1. The molecule has 3 aliphatic rings. The van der Waals surface area contributed by atoms with Gasteiger partial charge in [-0.05, 0) is 67.7 Å². The van der Waals surface area contributed by atoms with Gasteiger partial charge in [0.25, 0.3) is 0 Å². The van der Waals surface area contributed by atoms with Crippen LogP contribution in [0.25, 0.3) is 0 Å². The highest BCUT2D eigenvalue weighted by Gasteiger charge is 2.46. The van der Waals surface area contributed by atoms with Gasteiger partial charge in [-0.1, -0.05) is 32.4 Å². The number of carbonyl (C=O) groups excluding carboxylic acids is 2. The Balaban J connectivity index is 1.79. The smallest absolute Gasteiger partial charge is 0.341 e. The predicted molar refractivity (Wildman–Crippen MR) is 145 cm³/mol. The van der Waals surface area contributed by atoms with E-state index in [0.717, 1.165) is 42.5 Å². The number of hydrogen-bond donors (Lipinski definition) is 1. The largest absolute Gasteiger partial charge is 0.462 e. The number of esters is 1. The number of nitrogens with zero attached hydrogens (tertiary/aromatic N) is 2. The lowest BCUT2D eigenvalue weighted by molar-refractivity contribution is -0.118. The van der Waals surface area contributed by atoms with Crippen molar-refractivity contribution in [2.24, 2.45) is 11.1 Å². The predicted octanol–water partition coefficient (Wildman–Crippen LogP) is 6.27. The molecule has 0 amide bonds. The van der Waals surface area contributed by atoms with E-state index in [9.17, 15) is 19.2 Å². The van der Waals surface area contributed by atoms with Crippen LogP contribution in [0.4, 0.5) is 9.39 Å². The summed E-state index contributed by atoms with van der Waals surface area (Å²) in [6.45, 7) is 6.09. The molecule has 2 heterocycles. The van der Waals surface area contributed by atoms with Gasteiger partial charge in [0.1, 0.15) is 16.6 Å². The number of allylic oxidation sites excluding steroid dienone is 3. The van der Waals surface area contributed by atoms with Gasteiger partial charge in [0.15, 0.2) is 5.78 Å². The quantitative estimate of drug-likeness (QED) is 0.367. The molecule has 0 saturated heterocycles. The Morgan fingerprint density at radius 1 is 1.21 bits per heavy atom. The van der Waals surface area contributed by atoms with Crippen LogP contribution in [0, 0.1) is 22.6 Å². The van der Waals surface area contributed by atoms with Crippen molar-refractivity contribution in [2.45, 2.75) is 71.6 Å². The Bertz CT molecular complexity index is 1410. The fourth-order valence-corrected chi connectivity index (χ4v) is 7.44. The summed E-state index contributed by atoms with van der Waals surface area (Å²) in [6, 6.07) is 8.14. The van der Waals surface area contributed by atoms with Gasteiger partial charge in [0.05, 0.1) is 29.7 Å². The normalized spacial score (nSPS) is 21.0. The third-order valence-corrected chi connectivity index (χ3v) is 8.95. The summed E-state index contributed by atoms with van der Waals surface area (Å²) in [5, 5.41) is 11.0. The molecule has 0 fully saturated rings. The first kappa shape index (κ1) is 26.2. The molecule has 198 valence electrons. The first-order chi connectivity index (χ1) is 18.2. The van der Waals surface area contributed by atoms with Crippen LogP contribution >= 0.6 is 11.3 Å². The lowest BCUT2D eigenvalue weighted by Crippen LogP contribution is -2.42. The summed E-state index contributed by atoms with van der Waals surface area (Å²) in [4.78, 5) is 30.1. The lowest BCUT2D eigenvalue weighted by atomic mass is 9.68. The molecule has 5 rings (SSSR count). The molecule has 8 heteroatoms. The van der Waals surface area contributed by atoms with E-state index in [2.05, 4.69) is 6.07 Å². The number of ether oxygens (including phenoxy) is 1. The Hall–Kier alpha value is -3.44. The Morgan fingerprint density at radius 3 is 2.61 bits per heavy atom. The number of aryl methyl sites for hydroxylation is 1. The average Bonchev–Trinajstić information content (AvgIpc) is 3.05. The van der Waals surface area contributed by atoms with E-state index in [1.807, 2.05) is 13.8 Å². The molecule has 38 heavy (non-hydrogen) atoms. The monoisotopic (exact) mass is 533 g/mol. The van der Waals surface area contributed by atoms with E-state index >= 15 is 0 Å². The molecule has 0 spiro atoms. The van der Waals surface area contributed by atoms with E-state index in [-0.39, 0.29) is 29.2 Å². The highest BCUT2D eigenvalue weighted by atomic mass is 32.1. The molecule has 1 aliphatic heterocycles. The number of halogens is 1. The SMILES string of the molecule is CCOC(=O)c1c(N2C(N)=C(C#N)[C@H](c3ccc(F)cc3)C3=C2CC(C)(C)CC3=O)sc2c1CCCCC2. The minimum absolute atomic E-state index is 0.0633. The number of nitriles is 1. The summed E-state index contributed by atoms with van der Waals surface area (Å²) in [6.07, 6.45) is 5.62. The van der Waals surface area contributed by atoms with Crippen LogP contribution in [-0.4, -0.2) is 18.4 Å². The summed E-state index contributed by atoms with van der Waals surface area (Å²) in [5.41, 5.74) is 10.0. The van der Waals surface area contributed by atoms with Crippen LogP contribution in [0.15, 0.2) is 46.9 Å². The van der Waals surface area contributed by atoms with Gasteiger partial charge in [-0.25, -0.2) is 9.18 Å². The number of carbonyl (C=O) groups is 2. The zero-order valence-corrected chi connectivity index (χ0v) is 22.8. The second-order valence-electron chi connectivity index (χ2n) is 11.0. The first-order valence-electron chi connectivity index (χ1n) is 13.2. The molecule has 1 aromatic carbocycles. The van der Waals surface area contributed by atoms with Crippen LogP contribution in [0.1, 0.15) is 85.2 Å². The van der Waals surface area contributed by atoms with Gasteiger partial charge in [0, 0.05) is 22.6 Å². The maximum atomic E-state index is 13.8. The summed E-state index contributed by atoms with van der Waals surface area (Å²) in [7, 11) is 0. The van der Waals surface area contributed by atoms with E-state index in [1.54, 1.807) is 24.0 Å². The Labute approximate surface area is 226 Å².